The van der Waals surface area contributed by atoms with E-state index in [1.807, 2.05) is 6.92 Å². The molecule has 15 heavy (non-hydrogen) atoms. The van der Waals surface area contributed by atoms with Gasteiger partial charge in [-0.05, 0) is 12.3 Å². The number of carbonyl (C=O) groups is 2. The summed E-state index contributed by atoms with van der Waals surface area (Å²) in [5.41, 5.74) is -1.62. The van der Waals surface area contributed by atoms with E-state index in [2.05, 4.69) is 0 Å². The van der Waals surface area contributed by atoms with E-state index in [9.17, 15) is 9.59 Å². The summed E-state index contributed by atoms with van der Waals surface area (Å²) in [5, 5.41) is 18.0. The summed E-state index contributed by atoms with van der Waals surface area (Å²) < 4.78 is 0. The van der Waals surface area contributed by atoms with Gasteiger partial charge < -0.3 is 13.1 Å². The normalized spacial score (nSPS) is 10.9. The van der Waals surface area contributed by atoms with Crippen molar-refractivity contribution >= 4 is 49.7 Å². The summed E-state index contributed by atoms with van der Waals surface area (Å²) in [7, 11) is 0. The van der Waals surface area contributed by atoms with Gasteiger partial charge in [0.05, 0.1) is 0 Å². The van der Waals surface area contributed by atoms with Crippen molar-refractivity contribution in [3.05, 3.63) is 0 Å². The minimum absolute atomic E-state index is 0. The zero-order valence-corrected chi connectivity index (χ0v) is 11.8. The van der Waals surface area contributed by atoms with Crippen LogP contribution in [-0.2, 0) is 9.59 Å². The van der Waals surface area contributed by atoms with Gasteiger partial charge in [-0.1, -0.05) is 33.6 Å². The Bertz CT molecular complexity index is 220. The van der Waals surface area contributed by atoms with Crippen LogP contribution in [0.5, 0.6) is 0 Å². The van der Waals surface area contributed by atoms with Crippen LogP contribution in [0, 0.1) is 11.3 Å². The van der Waals surface area contributed by atoms with Gasteiger partial charge in [0.1, 0.15) is 0 Å². The fourth-order valence-corrected chi connectivity index (χ4v) is 1.54. The van der Waals surface area contributed by atoms with E-state index in [1.165, 1.54) is 0 Å². The molecule has 0 aliphatic heterocycles. The van der Waals surface area contributed by atoms with E-state index in [4.69, 9.17) is 10.2 Å². The average molecular weight is 244 g/mol. The van der Waals surface area contributed by atoms with Crippen LogP contribution in [0.2, 0.25) is 0 Å². The number of hydrogen-bond acceptors (Lipinski definition) is 2. The molecule has 0 radical (unpaired) electrons. The van der Waals surface area contributed by atoms with Crippen molar-refractivity contribution in [2.45, 2.75) is 40.0 Å². The van der Waals surface area contributed by atoms with Crippen LogP contribution < -0.4 is 0 Å². The topological polar surface area (TPSA) is 74.6 Å². The van der Waals surface area contributed by atoms with Gasteiger partial charge in [-0.25, -0.2) is 0 Å². The van der Waals surface area contributed by atoms with E-state index in [1.54, 1.807) is 13.8 Å². The molecule has 0 rings (SSSR count). The fraction of sp³-hybridized carbons (Fsp3) is 0.800. The molecule has 2 N–H and O–H groups in total. The maximum Gasteiger partial charge on any atom is 2.00 e. The molecule has 4 nitrogen and oxygen atoms in total. The molecule has 0 saturated heterocycles. The van der Waals surface area contributed by atoms with E-state index < -0.39 is 23.3 Å². The molecule has 0 aromatic carbocycles. The maximum absolute atomic E-state index is 11.0. The molecule has 5 heteroatoms. The predicted octanol–water partition coefficient (Wildman–Crippen LogP) is 1.83. The van der Waals surface area contributed by atoms with Crippen LogP contribution >= 0.6 is 0 Å². The van der Waals surface area contributed by atoms with Crippen molar-refractivity contribution in [1.29, 1.82) is 0 Å². The van der Waals surface area contributed by atoms with E-state index >= 15 is 0 Å². The van der Waals surface area contributed by atoms with Crippen LogP contribution in [0.25, 0.3) is 0 Å². The molecule has 0 aliphatic carbocycles. The molecular formula is C10H20CaO4. The van der Waals surface area contributed by atoms with E-state index in [0.717, 1.165) is 6.42 Å². The van der Waals surface area contributed by atoms with Crippen molar-refractivity contribution in [3.63, 3.8) is 0 Å². The molecule has 0 atom stereocenters. The van der Waals surface area contributed by atoms with Crippen LogP contribution in [0.4, 0.5) is 0 Å². The first-order valence-electron chi connectivity index (χ1n) is 4.86. The smallest absolute Gasteiger partial charge is 1.00 e. The van der Waals surface area contributed by atoms with E-state index in [-0.39, 0.29) is 47.0 Å². The second-order valence-corrected chi connectivity index (χ2v) is 3.84. The summed E-state index contributed by atoms with van der Waals surface area (Å²) >= 11 is 0. The monoisotopic (exact) mass is 244 g/mol. The SMILES string of the molecule is CCCCC(C(=O)O)(C(=O)O)C(C)C.[Ca+2].[H-].[H-]. The van der Waals surface area contributed by atoms with Crippen molar-refractivity contribution in [2.75, 3.05) is 0 Å². The summed E-state index contributed by atoms with van der Waals surface area (Å²) in [6, 6.07) is 0. The Hall–Kier alpha value is 0.200. The second kappa shape index (κ2) is 7.47. The number of hydrogen-bond donors (Lipinski definition) is 2. The number of carboxylic acids is 2. The van der Waals surface area contributed by atoms with Gasteiger partial charge in [-0.3, -0.25) is 9.59 Å². The van der Waals surface area contributed by atoms with E-state index in [0.29, 0.717) is 6.42 Å². The van der Waals surface area contributed by atoms with Gasteiger partial charge in [0.25, 0.3) is 0 Å². The van der Waals surface area contributed by atoms with Crippen LogP contribution in [-0.4, -0.2) is 59.9 Å². The second-order valence-electron chi connectivity index (χ2n) is 3.84. The minimum Gasteiger partial charge on any atom is -1.00 e. The number of rotatable bonds is 6. The summed E-state index contributed by atoms with van der Waals surface area (Å²) in [5.74, 6) is -2.86. The molecule has 0 bridgehead atoms. The van der Waals surface area contributed by atoms with Crippen LogP contribution in [0.1, 0.15) is 42.9 Å². The molecule has 0 spiro atoms. The zero-order valence-electron chi connectivity index (χ0n) is 11.6. The minimum atomic E-state index is -1.62. The third-order valence-electron chi connectivity index (χ3n) is 2.67. The van der Waals surface area contributed by atoms with Gasteiger partial charge in [0.2, 0.25) is 0 Å². The molecular weight excluding hydrogens is 224 g/mol. The summed E-state index contributed by atoms with van der Waals surface area (Å²) in [6.07, 6.45) is 1.62. The number of aliphatic carboxylic acids is 2. The summed E-state index contributed by atoms with van der Waals surface area (Å²) in [4.78, 5) is 22.1. The zero-order chi connectivity index (χ0) is 11.4. The third kappa shape index (κ3) is 3.93. The van der Waals surface area contributed by atoms with Gasteiger partial charge in [-0.2, -0.15) is 0 Å². The van der Waals surface area contributed by atoms with Crippen molar-refractivity contribution < 1.29 is 22.7 Å². The molecule has 0 saturated carbocycles. The van der Waals surface area contributed by atoms with Gasteiger partial charge in [-0.15, -0.1) is 0 Å². The van der Waals surface area contributed by atoms with Crippen LogP contribution in [0.15, 0.2) is 0 Å². The molecule has 0 amide bonds. The van der Waals surface area contributed by atoms with Crippen molar-refractivity contribution in [1.82, 2.24) is 0 Å². The molecule has 0 aromatic heterocycles. The first-order chi connectivity index (χ1) is 6.39. The Morgan fingerprint density at radius 3 is 1.87 bits per heavy atom. The van der Waals surface area contributed by atoms with Crippen molar-refractivity contribution in [3.8, 4) is 0 Å². The Kier molecular flexibility index (Phi) is 8.76. The number of unbranched alkanes of at least 4 members (excludes halogenated alkanes) is 1. The van der Waals surface area contributed by atoms with Gasteiger partial charge >= 0.3 is 49.7 Å². The predicted molar refractivity (Wildman–Crippen MR) is 60.0 cm³/mol. The molecule has 0 heterocycles. The average Bonchev–Trinajstić information content (AvgIpc) is 2.03. The Morgan fingerprint density at radius 1 is 1.27 bits per heavy atom. The Labute approximate surface area is 123 Å². The van der Waals surface area contributed by atoms with Crippen molar-refractivity contribution in [2.24, 2.45) is 11.3 Å². The molecule has 86 valence electrons. The standard InChI is InChI=1S/C10H18O4.Ca.2H/c1-4-5-6-10(7(2)3,8(11)12)9(13)14;;;/h7H,4-6H2,1-3H3,(H,11,12)(H,13,14);;;/q;+2;2*-1. The molecule has 0 fully saturated rings. The first kappa shape index (κ1) is 17.6. The summed E-state index contributed by atoms with van der Waals surface area (Å²) in [6.45, 7) is 5.19. The van der Waals surface area contributed by atoms with Gasteiger partial charge in [0.15, 0.2) is 5.41 Å². The fourth-order valence-electron chi connectivity index (χ4n) is 1.54. The Morgan fingerprint density at radius 2 is 1.67 bits per heavy atom. The molecule has 0 unspecified atom stereocenters. The molecule has 0 aliphatic rings. The Balaban J connectivity index is -0.000000282. The molecule has 0 aromatic rings. The van der Waals surface area contributed by atoms with Gasteiger partial charge in [0, 0.05) is 0 Å². The maximum atomic E-state index is 11.0. The number of carboxylic acid groups (broad SMARTS) is 2. The first-order valence-corrected chi connectivity index (χ1v) is 4.86. The quantitative estimate of drug-likeness (QED) is 0.552. The third-order valence-corrected chi connectivity index (χ3v) is 2.67. The largest absolute Gasteiger partial charge is 2.00 e. The van der Waals surface area contributed by atoms with Crippen LogP contribution in [0.3, 0.4) is 0 Å².